The van der Waals surface area contributed by atoms with E-state index < -0.39 is 12.1 Å². The van der Waals surface area contributed by atoms with Crippen molar-refractivity contribution in [3.8, 4) is 17.2 Å². The zero-order chi connectivity index (χ0) is 23.2. The standard InChI is InChI=1S/C27H27NO5/c1-19-17-21-5-3-4-6-25(21)28(19)15-16-32-23-9-7-20(8-10-23)18-26(27(29)30)33-24-13-11-22(31-2)12-14-24/h3-14,17,26H,15-16,18H2,1-2H3,(H,29,30). The van der Waals surface area contributed by atoms with Crippen LogP contribution in [0.2, 0.25) is 0 Å². The van der Waals surface area contributed by atoms with Crippen molar-refractivity contribution in [1.82, 2.24) is 4.57 Å². The second-order valence-electron chi connectivity index (χ2n) is 7.81. The molecular formula is C27H27NO5. The molecule has 1 N–H and O–H groups in total. The van der Waals surface area contributed by atoms with Crippen molar-refractivity contribution in [2.75, 3.05) is 13.7 Å². The number of methoxy groups -OCH3 is 1. The van der Waals surface area contributed by atoms with E-state index in [0.29, 0.717) is 18.1 Å². The van der Waals surface area contributed by atoms with Crippen LogP contribution in [0.4, 0.5) is 0 Å². The van der Waals surface area contributed by atoms with Crippen LogP contribution in [0, 0.1) is 6.92 Å². The molecule has 4 rings (SSSR count). The number of carboxylic acids is 1. The normalized spacial score (nSPS) is 11.8. The summed E-state index contributed by atoms with van der Waals surface area (Å²) in [5.41, 5.74) is 3.26. The van der Waals surface area contributed by atoms with Gasteiger partial charge in [0.05, 0.1) is 13.7 Å². The number of aryl methyl sites for hydroxylation is 1. The van der Waals surface area contributed by atoms with Gasteiger partial charge in [0.25, 0.3) is 0 Å². The lowest BCUT2D eigenvalue weighted by Crippen LogP contribution is -2.29. The van der Waals surface area contributed by atoms with E-state index in [1.54, 1.807) is 31.4 Å². The fraction of sp³-hybridized carbons (Fsp3) is 0.222. The average Bonchev–Trinajstić information content (AvgIpc) is 3.15. The minimum atomic E-state index is -1.01. The summed E-state index contributed by atoms with van der Waals surface area (Å²) in [6.45, 7) is 3.39. The molecule has 0 fully saturated rings. The molecule has 0 aliphatic carbocycles. The number of aromatic nitrogens is 1. The van der Waals surface area contributed by atoms with Crippen molar-refractivity contribution < 1.29 is 24.1 Å². The van der Waals surface area contributed by atoms with Crippen LogP contribution in [0.5, 0.6) is 17.2 Å². The van der Waals surface area contributed by atoms with Gasteiger partial charge in [-0.05, 0) is 66.4 Å². The highest BCUT2D eigenvalue weighted by atomic mass is 16.5. The maximum atomic E-state index is 11.7. The van der Waals surface area contributed by atoms with E-state index in [1.807, 2.05) is 36.4 Å². The van der Waals surface area contributed by atoms with Crippen LogP contribution < -0.4 is 14.2 Å². The molecule has 0 aliphatic rings. The molecule has 170 valence electrons. The Morgan fingerprint density at radius 3 is 2.30 bits per heavy atom. The third-order valence-electron chi connectivity index (χ3n) is 5.56. The van der Waals surface area contributed by atoms with Crippen LogP contribution in [0.15, 0.2) is 78.9 Å². The predicted octanol–water partition coefficient (Wildman–Crippen LogP) is 5.11. The first kappa shape index (κ1) is 22.3. The summed E-state index contributed by atoms with van der Waals surface area (Å²) in [7, 11) is 1.58. The maximum absolute atomic E-state index is 11.7. The quantitative estimate of drug-likeness (QED) is 0.367. The number of hydrogen-bond acceptors (Lipinski definition) is 4. The van der Waals surface area contributed by atoms with E-state index in [1.165, 1.54) is 16.6 Å². The number of benzene rings is 3. The number of nitrogens with zero attached hydrogens (tertiary/aromatic N) is 1. The van der Waals surface area contributed by atoms with Crippen LogP contribution in [0.1, 0.15) is 11.3 Å². The zero-order valence-corrected chi connectivity index (χ0v) is 18.7. The van der Waals surface area contributed by atoms with Gasteiger partial charge in [-0.25, -0.2) is 4.79 Å². The van der Waals surface area contributed by atoms with E-state index in [-0.39, 0.29) is 6.42 Å². The minimum Gasteiger partial charge on any atom is -0.497 e. The largest absolute Gasteiger partial charge is 0.497 e. The monoisotopic (exact) mass is 445 g/mol. The number of para-hydroxylation sites is 1. The highest BCUT2D eigenvalue weighted by Gasteiger charge is 2.20. The van der Waals surface area contributed by atoms with Crippen LogP contribution in [0.3, 0.4) is 0 Å². The number of hydrogen-bond donors (Lipinski definition) is 1. The number of aliphatic carboxylic acids is 1. The molecule has 0 saturated carbocycles. The van der Waals surface area contributed by atoms with Gasteiger partial charge in [-0.1, -0.05) is 30.3 Å². The fourth-order valence-corrected chi connectivity index (χ4v) is 3.83. The molecule has 6 heteroatoms. The summed E-state index contributed by atoms with van der Waals surface area (Å²) >= 11 is 0. The molecule has 0 bridgehead atoms. The predicted molar refractivity (Wildman–Crippen MR) is 127 cm³/mol. The van der Waals surface area contributed by atoms with Crippen LogP contribution in [0.25, 0.3) is 10.9 Å². The molecule has 1 aromatic heterocycles. The van der Waals surface area contributed by atoms with Crippen molar-refractivity contribution in [1.29, 1.82) is 0 Å². The molecular weight excluding hydrogens is 418 g/mol. The van der Waals surface area contributed by atoms with Crippen LogP contribution in [-0.2, 0) is 17.8 Å². The Balaban J connectivity index is 1.33. The van der Waals surface area contributed by atoms with Gasteiger partial charge in [-0.15, -0.1) is 0 Å². The van der Waals surface area contributed by atoms with Gasteiger partial charge in [0, 0.05) is 17.6 Å². The molecule has 3 aromatic carbocycles. The summed E-state index contributed by atoms with van der Waals surface area (Å²) in [5.74, 6) is 0.900. The Hall–Kier alpha value is -3.93. The number of carbonyl (C=O) groups is 1. The SMILES string of the molecule is COc1ccc(OC(Cc2ccc(OCCn3c(C)cc4ccccc43)cc2)C(=O)O)cc1. The smallest absolute Gasteiger partial charge is 0.345 e. The Morgan fingerprint density at radius 1 is 0.939 bits per heavy atom. The summed E-state index contributed by atoms with van der Waals surface area (Å²) in [5, 5.41) is 10.8. The van der Waals surface area contributed by atoms with E-state index in [9.17, 15) is 9.90 Å². The van der Waals surface area contributed by atoms with Crippen molar-refractivity contribution in [3.05, 3.63) is 90.1 Å². The highest BCUT2D eigenvalue weighted by Crippen LogP contribution is 2.21. The minimum absolute atomic E-state index is 0.246. The van der Waals surface area contributed by atoms with E-state index in [0.717, 1.165) is 17.9 Å². The van der Waals surface area contributed by atoms with Crippen LogP contribution in [-0.4, -0.2) is 35.5 Å². The molecule has 1 heterocycles. The first-order valence-electron chi connectivity index (χ1n) is 10.8. The van der Waals surface area contributed by atoms with Crippen LogP contribution >= 0.6 is 0 Å². The van der Waals surface area contributed by atoms with Gasteiger partial charge in [0.15, 0.2) is 6.10 Å². The molecule has 6 nitrogen and oxygen atoms in total. The number of rotatable bonds is 10. The van der Waals surface area contributed by atoms with E-state index in [4.69, 9.17) is 14.2 Å². The molecule has 0 saturated heterocycles. The Morgan fingerprint density at radius 2 is 1.61 bits per heavy atom. The maximum Gasteiger partial charge on any atom is 0.345 e. The van der Waals surface area contributed by atoms with Gasteiger partial charge in [-0.3, -0.25) is 0 Å². The molecule has 1 unspecified atom stereocenters. The lowest BCUT2D eigenvalue weighted by molar-refractivity contribution is -0.145. The third kappa shape index (κ3) is 5.47. The summed E-state index contributed by atoms with van der Waals surface area (Å²) < 4.78 is 19.0. The highest BCUT2D eigenvalue weighted by molar-refractivity contribution is 5.81. The van der Waals surface area contributed by atoms with Crippen molar-refractivity contribution in [2.45, 2.75) is 26.0 Å². The summed E-state index contributed by atoms with van der Waals surface area (Å²) in [6, 6.07) is 24.8. The molecule has 4 aromatic rings. The Labute approximate surface area is 192 Å². The average molecular weight is 446 g/mol. The van der Waals surface area contributed by atoms with Gasteiger partial charge in [0.1, 0.15) is 23.9 Å². The molecule has 0 radical (unpaired) electrons. The van der Waals surface area contributed by atoms with Gasteiger partial charge >= 0.3 is 5.97 Å². The first-order valence-corrected chi connectivity index (χ1v) is 10.8. The Kier molecular flexibility index (Phi) is 6.83. The fourth-order valence-electron chi connectivity index (χ4n) is 3.83. The van der Waals surface area contributed by atoms with Gasteiger partial charge < -0.3 is 23.9 Å². The summed E-state index contributed by atoms with van der Waals surface area (Å²) in [4.78, 5) is 11.7. The topological polar surface area (TPSA) is 69.9 Å². The van der Waals surface area contributed by atoms with Gasteiger partial charge in [0.2, 0.25) is 0 Å². The van der Waals surface area contributed by atoms with Crippen molar-refractivity contribution in [3.63, 3.8) is 0 Å². The third-order valence-corrected chi connectivity index (χ3v) is 5.56. The number of fused-ring (bicyclic) bond motifs is 1. The lowest BCUT2D eigenvalue weighted by Gasteiger charge is -2.16. The molecule has 0 spiro atoms. The second kappa shape index (κ2) is 10.1. The molecule has 0 amide bonds. The number of carboxylic acid groups (broad SMARTS) is 1. The summed E-state index contributed by atoms with van der Waals surface area (Å²) in [6.07, 6.45) is -0.744. The van der Waals surface area contributed by atoms with E-state index in [2.05, 4.69) is 29.7 Å². The first-order chi connectivity index (χ1) is 16.0. The molecule has 0 aliphatic heterocycles. The Bertz CT molecular complexity index is 1210. The zero-order valence-electron chi connectivity index (χ0n) is 18.7. The molecule has 33 heavy (non-hydrogen) atoms. The van der Waals surface area contributed by atoms with Crippen molar-refractivity contribution >= 4 is 16.9 Å². The lowest BCUT2D eigenvalue weighted by atomic mass is 10.1. The van der Waals surface area contributed by atoms with Gasteiger partial charge in [-0.2, -0.15) is 0 Å². The molecule has 1 atom stereocenters. The van der Waals surface area contributed by atoms with Crippen molar-refractivity contribution in [2.24, 2.45) is 0 Å². The number of ether oxygens (including phenoxy) is 3. The van der Waals surface area contributed by atoms with E-state index >= 15 is 0 Å². The second-order valence-corrected chi connectivity index (χ2v) is 7.81.